The molecule has 0 aliphatic carbocycles. The van der Waals surface area contributed by atoms with Crippen LogP contribution in [0.5, 0.6) is 0 Å². The third-order valence-corrected chi connectivity index (χ3v) is 4.13. The van der Waals surface area contributed by atoms with Crippen LogP contribution < -0.4 is 0 Å². The second-order valence-corrected chi connectivity index (χ2v) is 5.53. The van der Waals surface area contributed by atoms with Crippen LogP contribution in [-0.2, 0) is 24.9 Å². The third kappa shape index (κ3) is 3.44. The van der Waals surface area contributed by atoms with Crippen LogP contribution in [0.1, 0.15) is 23.5 Å². The second-order valence-electron chi connectivity index (χ2n) is 5.15. The van der Waals surface area contributed by atoms with Gasteiger partial charge in [0.05, 0.1) is 35.2 Å². The molecule has 21 heavy (non-hydrogen) atoms. The van der Waals surface area contributed by atoms with Crippen LogP contribution in [0.2, 0.25) is 5.02 Å². The zero-order valence-corrected chi connectivity index (χ0v) is 13.6. The Labute approximate surface area is 129 Å². The number of aromatic nitrogens is 4. The Morgan fingerprint density at radius 3 is 2.67 bits per heavy atom. The average Bonchev–Trinajstić information content (AvgIpc) is 2.95. The van der Waals surface area contributed by atoms with Crippen LogP contribution in [0.3, 0.4) is 0 Å². The van der Waals surface area contributed by atoms with Gasteiger partial charge in [-0.25, -0.2) is 0 Å². The molecule has 114 valence electrons. The van der Waals surface area contributed by atoms with E-state index in [0.29, 0.717) is 24.5 Å². The molecule has 0 aliphatic rings. The van der Waals surface area contributed by atoms with Gasteiger partial charge in [0.15, 0.2) is 0 Å². The largest absolute Gasteiger partial charge is 0.340 e. The van der Waals surface area contributed by atoms with E-state index in [9.17, 15) is 4.79 Å². The summed E-state index contributed by atoms with van der Waals surface area (Å²) in [5.74, 6) is 0.0693. The summed E-state index contributed by atoms with van der Waals surface area (Å²) in [4.78, 5) is 13.9. The molecule has 6 nitrogen and oxygen atoms in total. The number of rotatable bonds is 5. The highest BCUT2D eigenvalue weighted by Crippen LogP contribution is 2.19. The zero-order chi connectivity index (χ0) is 15.6. The van der Waals surface area contributed by atoms with Gasteiger partial charge in [-0.1, -0.05) is 11.6 Å². The van der Waals surface area contributed by atoms with E-state index >= 15 is 0 Å². The molecule has 0 aromatic carbocycles. The van der Waals surface area contributed by atoms with E-state index in [2.05, 4.69) is 10.2 Å². The number of carbonyl (C=O) groups excluding carboxylic acids is 1. The van der Waals surface area contributed by atoms with Crippen LogP contribution in [0.25, 0.3) is 0 Å². The van der Waals surface area contributed by atoms with Crippen LogP contribution in [0, 0.1) is 13.8 Å². The lowest BCUT2D eigenvalue weighted by Crippen LogP contribution is -2.28. The molecule has 0 saturated heterocycles. The Kier molecular flexibility index (Phi) is 4.67. The van der Waals surface area contributed by atoms with E-state index in [-0.39, 0.29) is 5.91 Å². The molecule has 2 rings (SSSR count). The van der Waals surface area contributed by atoms with Gasteiger partial charge in [0.25, 0.3) is 0 Å². The number of halogens is 1. The summed E-state index contributed by atoms with van der Waals surface area (Å²) in [6.45, 7) is 4.86. The Hall–Kier alpha value is -1.82. The highest BCUT2D eigenvalue weighted by Gasteiger charge is 2.14. The molecule has 2 aromatic heterocycles. The summed E-state index contributed by atoms with van der Waals surface area (Å²) >= 11 is 6.10. The summed E-state index contributed by atoms with van der Waals surface area (Å²) in [6.07, 6.45) is 2.12. The molecular formula is C14H20ClN5O. The van der Waals surface area contributed by atoms with Crippen LogP contribution in [0.15, 0.2) is 12.3 Å². The SMILES string of the molecule is Cc1nn(CCC(=O)N(C)Cc2ccnn2C)c(C)c1Cl. The number of hydrogen-bond donors (Lipinski definition) is 0. The lowest BCUT2D eigenvalue weighted by molar-refractivity contribution is -0.130. The summed E-state index contributed by atoms with van der Waals surface area (Å²) in [6, 6.07) is 1.91. The molecule has 0 atom stereocenters. The van der Waals surface area contributed by atoms with Crippen molar-refractivity contribution in [1.29, 1.82) is 0 Å². The van der Waals surface area contributed by atoms with Crippen LogP contribution in [-0.4, -0.2) is 37.4 Å². The maximum atomic E-state index is 12.2. The number of hydrogen-bond acceptors (Lipinski definition) is 3. The number of carbonyl (C=O) groups is 1. The zero-order valence-electron chi connectivity index (χ0n) is 12.8. The van der Waals surface area contributed by atoms with Gasteiger partial charge < -0.3 is 4.90 Å². The topological polar surface area (TPSA) is 56.0 Å². The summed E-state index contributed by atoms with van der Waals surface area (Å²) in [7, 11) is 3.66. The molecule has 2 heterocycles. The first-order valence-corrected chi connectivity index (χ1v) is 7.18. The fraction of sp³-hybridized carbons (Fsp3) is 0.500. The van der Waals surface area contributed by atoms with Crippen molar-refractivity contribution >= 4 is 17.5 Å². The molecule has 0 saturated carbocycles. The molecule has 0 aliphatic heterocycles. The van der Waals surface area contributed by atoms with Gasteiger partial charge in [-0.05, 0) is 19.9 Å². The highest BCUT2D eigenvalue weighted by molar-refractivity contribution is 6.31. The number of aryl methyl sites for hydroxylation is 3. The maximum Gasteiger partial charge on any atom is 0.224 e. The molecule has 0 N–H and O–H groups in total. The Balaban J connectivity index is 1.92. The third-order valence-electron chi connectivity index (χ3n) is 3.58. The second kappa shape index (κ2) is 6.30. The standard InChI is InChI=1S/C14H20ClN5O/c1-10-14(15)11(2)20(17-10)8-6-13(21)18(3)9-12-5-7-16-19(12)4/h5,7H,6,8-9H2,1-4H3. The lowest BCUT2D eigenvalue weighted by atomic mass is 10.3. The van der Waals surface area contributed by atoms with E-state index in [1.807, 2.05) is 27.0 Å². The van der Waals surface area contributed by atoms with Crippen molar-refractivity contribution in [3.63, 3.8) is 0 Å². The predicted molar refractivity (Wildman–Crippen MR) is 81.0 cm³/mol. The fourth-order valence-corrected chi connectivity index (χ4v) is 2.31. The van der Waals surface area contributed by atoms with Gasteiger partial charge in [-0.15, -0.1) is 0 Å². The minimum atomic E-state index is 0.0693. The molecule has 7 heteroatoms. The molecular weight excluding hydrogens is 290 g/mol. The summed E-state index contributed by atoms with van der Waals surface area (Å²) < 4.78 is 3.55. The molecule has 1 amide bonds. The average molecular weight is 310 g/mol. The highest BCUT2D eigenvalue weighted by atomic mass is 35.5. The van der Waals surface area contributed by atoms with Crippen molar-refractivity contribution < 1.29 is 4.79 Å². The molecule has 2 aromatic rings. The van der Waals surface area contributed by atoms with Gasteiger partial charge in [0.2, 0.25) is 5.91 Å². The monoisotopic (exact) mass is 309 g/mol. The van der Waals surface area contributed by atoms with Crippen LogP contribution in [0.4, 0.5) is 0 Å². The fourth-order valence-electron chi connectivity index (χ4n) is 2.17. The van der Waals surface area contributed by atoms with E-state index in [4.69, 9.17) is 11.6 Å². The maximum absolute atomic E-state index is 12.2. The number of amides is 1. The quantitative estimate of drug-likeness (QED) is 0.848. The van der Waals surface area contributed by atoms with E-state index in [1.165, 1.54) is 0 Å². The Morgan fingerprint density at radius 1 is 1.43 bits per heavy atom. The van der Waals surface area contributed by atoms with Gasteiger partial charge in [0.1, 0.15) is 0 Å². The minimum absolute atomic E-state index is 0.0693. The molecule has 0 fully saturated rings. The first-order valence-electron chi connectivity index (χ1n) is 6.80. The van der Waals surface area contributed by atoms with Crippen molar-refractivity contribution in [2.45, 2.75) is 33.4 Å². The van der Waals surface area contributed by atoms with Crippen molar-refractivity contribution in [1.82, 2.24) is 24.5 Å². The van der Waals surface area contributed by atoms with Crippen molar-refractivity contribution in [3.05, 3.63) is 34.4 Å². The van der Waals surface area contributed by atoms with Gasteiger partial charge in [-0.3, -0.25) is 14.2 Å². The van der Waals surface area contributed by atoms with Crippen LogP contribution >= 0.6 is 11.6 Å². The van der Waals surface area contributed by atoms with Gasteiger partial charge >= 0.3 is 0 Å². The smallest absolute Gasteiger partial charge is 0.224 e. The van der Waals surface area contributed by atoms with Crippen molar-refractivity contribution in [2.24, 2.45) is 7.05 Å². The summed E-state index contributed by atoms with van der Waals surface area (Å²) in [5.41, 5.74) is 2.70. The van der Waals surface area contributed by atoms with E-state index in [0.717, 1.165) is 17.1 Å². The van der Waals surface area contributed by atoms with Gasteiger partial charge in [-0.2, -0.15) is 10.2 Å². The molecule has 0 radical (unpaired) electrons. The predicted octanol–water partition coefficient (Wildman–Crippen LogP) is 1.94. The molecule has 0 bridgehead atoms. The summed E-state index contributed by atoms with van der Waals surface area (Å²) in [5, 5.41) is 9.10. The van der Waals surface area contributed by atoms with Crippen molar-refractivity contribution in [2.75, 3.05) is 7.05 Å². The van der Waals surface area contributed by atoms with E-state index < -0.39 is 0 Å². The molecule has 0 spiro atoms. The normalized spacial score (nSPS) is 10.9. The minimum Gasteiger partial charge on any atom is -0.340 e. The first kappa shape index (κ1) is 15.6. The lowest BCUT2D eigenvalue weighted by Gasteiger charge is -2.17. The van der Waals surface area contributed by atoms with Crippen molar-refractivity contribution in [3.8, 4) is 0 Å². The number of nitrogens with zero attached hydrogens (tertiary/aromatic N) is 5. The first-order chi connectivity index (χ1) is 9.90. The molecule has 0 unspecified atom stereocenters. The van der Waals surface area contributed by atoms with E-state index in [1.54, 1.807) is 27.5 Å². The Morgan fingerprint density at radius 2 is 2.14 bits per heavy atom. The van der Waals surface area contributed by atoms with Gasteiger partial charge in [0, 0.05) is 26.7 Å². The Bertz CT molecular complexity index is 646.